The Morgan fingerprint density at radius 2 is 2.07 bits per heavy atom. The maximum atomic E-state index is 10.8. The van der Waals surface area contributed by atoms with Crippen LogP contribution in [0.25, 0.3) is 0 Å². The van der Waals surface area contributed by atoms with Crippen molar-refractivity contribution in [2.75, 3.05) is 0 Å². The van der Waals surface area contributed by atoms with E-state index in [9.17, 15) is 9.59 Å². The summed E-state index contributed by atoms with van der Waals surface area (Å²) in [5, 5.41) is 17.4. The van der Waals surface area contributed by atoms with Crippen LogP contribution in [0, 0.1) is 0 Å². The van der Waals surface area contributed by atoms with E-state index in [2.05, 4.69) is 20.9 Å². The van der Waals surface area contributed by atoms with Crippen molar-refractivity contribution in [1.29, 1.82) is 0 Å². The molecule has 0 aromatic carbocycles. The summed E-state index contributed by atoms with van der Waals surface area (Å²) in [6.45, 7) is 0. The van der Waals surface area contributed by atoms with Crippen LogP contribution in [0.4, 0.5) is 0 Å². The van der Waals surface area contributed by atoms with Crippen LogP contribution in [0.1, 0.15) is 18.0 Å². The zero-order valence-electron chi connectivity index (χ0n) is 7.55. The Morgan fingerprint density at radius 3 is 2.47 bits per heavy atom. The fourth-order valence-electron chi connectivity index (χ4n) is 1.09. The summed E-state index contributed by atoms with van der Waals surface area (Å²) in [7, 11) is 0. The van der Waals surface area contributed by atoms with E-state index in [1.54, 1.807) is 6.07 Å². The lowest BCUT2D eigenvalue weighted by Crippen LogP contribution is -2.16. The SMILES string of the molecule is O=C(O)CC(C(=O)O)c1ccc(Br)cn1. The molecule has 6 heteroatoms. The number of rotatable bonds is 4. The van der Waals surface area contributed by atoms with Crippen molar-refractivity contribution >= 4 is 27.9 Å². The Balaban J connectivity index is 2.94. The molecular formula is C9H8BrNO4. The minimum Gasteiger partial charge on any atom is -0.481 e. The van der Waals surface area contributed by atoms with Crippen LogP contribution in [-0.2, 0) is 9.59 Å². The molecule has 1 aromatic heterocycles. The number of carbonyl (C=O) groups is 2. The zero-order chi connectivity index (χ0) is 11.4. The third kappa shape index (κ3) is 3.32. The summed E-state index contributed by atoms with van der Waals surface area (Å²) in [6, 6.07) is 3.12. The molecule has 5 nitrogen and oxygen atoms in total. The lowest BCUT2D eigenvalue weighted by atomic mass is 10.0. The highest BCUT2D eigenvalue weighted by Gasteiger charge is 2.24. The largest absolute Gasteiger partial charge is 0.481 e. The molecule has 0 saturated heterocycles. The van der Waals surface area contributed by atoms with Crippen molar-refractivity contribution in [3.05, 3.63) is 28.5 Å². The van der Waals surface area contributed by atoms with E-state index in [-0.39, 0.29) is 5.69 Å². The number of aliphatic carboxylic acids is 2. The molecule has 0 amide bonds. The molecule has 1 atom stereocenters. The first-order chi connectivity index (χ1) is 7.00. The van der Waals surface area contributed by atoms with Crippen LogP contribution in [-0.4, -0.2) is 27.1 Å². The number of hydrogen-bond acceptors (Lipinski definition) is 3. The Kier molecular flexibility index (Phi) is 3.79. The summed E-state index contributed by atoms with van der Waals surface area (Å²) in [5.74, 6) is -3.45. The van der Waals surface area contributed by atoms with Gasteiger partial charge in [-0.25, -0.2) is 0 Å². The Morgan fingerprint density at radius 1 is 1.40 bits per heavy atom. The zero-order valence-corrected chi connectivity index (χ0v) is 9.14. The molecule has 2 N–H and O–H groups in total. The molecule has 0 radical (unpaired) electrons. The van der Waals surface area contributed by atoms with E-state index in [0.29, 0.717) is 4.47 Å². The summed E-state index contributed by atoms with van der Waals surface area (Å²) in [6.07, 6.45) is 0.969. The van der Waals surface area contributed by atoms with Gasteiger partial charge in [-0.05, 0) is 28.1 Å². The number of aromatic nitrogens is 1. The van der Waals surface area contributed by atoms with Gasteiger partial charge in [-0.15, -0.1) is 0 Å². The molecule has 80 valence electrons. The number of nitrogens with zero attached hydrogens (tertiary/aromatic N) is 1. The highest BCUT2D eigenvalue weighted by atomic mass is 79.9. The molecule has 0 aliphatic heterocycles. The first-order valence-corrected chi connectivity index (χ1v) is 4.86. The van der Waals surface area contributed by atoms with Gasteiger partial charge in [0.25, 0.3) is 0 Å². The third-order valence-electron chi connectivity index (χ3n) is 1.78. The van der Waals surface area contributed by atoms with Crippen LogP contribution in [0.15, 0.2) is 22.8 Å². The van der Waals surface area contributed by atoms with Crippen LogP contribution in [0.2, 0.25) is 0 Å². The second-order valence-electron chi connectivity index (χ2n) is 2.89. The second kappa shape index (κ2) is 4.88. The van der Waals surface area contributed by atoms with Crippen molar-refractivity contribution in [1.82, 2.24) is 4.98 Å². The molecule has 1 rings (SSSR count). The van der Waals surface area contributed by atoms with Crippen LogP contribution >= 0.6 is 15.9 Å². The van der Waals surface area contributed by atoms with Gasteiger partial charge in [-0.3, -0.25) is 14.6 Å². The number of carboxylic acids is 2. The van der Waals surface area contributed by atoms with Crippen LogP contribution < -0.4 is 0 Å². The molecule has 15 heavy (non-hydrogen) atoms. The quantitative estimate of drug-likeness (QED) is 0.868. The van der Waals surface area contributed by atoms with Crippen molar-refractivity contribution in [3.8, 4) is 0 Å². The maximum absolute atomic E-state index is 10.8. The average Bonchev–Trinajstić information content (AvgIpc) is 2.15. The van der Waals surface area contributed by atoms with E-state index in [1.165, 1.54) is 12.3 Å². The minimum absolute atomic E-state index is 0.244. The lowest BCUT2D eigenvalue weighted by Gasteiger charge is -2.08. The highest BCUT2D eigenvalue weighted by Crippen LogP contribution is 2.19. The fraction of sp³-hybridized carbons (Fsp3) is 0.222. The molecule has 0 bridgehead atoms. The number of halogens is 1. The summed E-state index contributed by atoms with van der Waals surface area (Å²) in [5.41, 5.74) is 0.244. The topological polar surface area (TPSA) is 87.5 Å². The Hall–Kier alpha value is -1.43. The first-order valence-electron chi connectivity index (χ1n) is 4.06. The standard InChI is InChI=1S/C9H8BrNO4/c10-5-1-2-7(11-4-5)6(9(14)15)3-8(12)13/h1-2,4,6H,3H2,(H,12,13)(H,14,15). The van der Waals surface area contributed by atoms with Crippen LogP contribution in [0.5, 0.6) is 0 Å². The van der Waals surface area contributed by atoms with Gasteiger partial charge in [0.1, 0.15) is 5.92 Å². The fourth-order valence-corrected chi connectivity index (χ4v) is 1.32. The van der Waals surface area contributed by atoms with Gasteiger partial charge in [-0.1, -0.05) is 0 Å². The van der Waals surface area contributed by atoms with Gasteiger partial charge in [0.15, 0.2) is 0 Å². The predicted octanol–water partition coefficient (Wildman–Crippen LogP) is 1.49. The second-order valence-corrected chi connectivity index (χ2v) is 3.81. The Bertz CT molecular complexity index is 376. The molecule has 1 heterocycles. The molecule has 0 spiro atoms. The van der Waals surface area contributed by atoms with E-state index in [0.717, 1.165) is 0 Å². The first kappa shape index (κ1) is 11.6. The highest BCUT2D eigenvalue weighted by molar-refractivity contribution is 9.10. The Labute approximate surface area is 93.9 Å². The van der Waals surface area contributed by atoms with E-state index in [4.69, 9.17) is 10.2 Å². The molecule has 1 aromatic rings. The van der Waals surface area contributed by atoms with Crippen molar-refractivity contribution in [2.45, 2.75) is 12.3 Å². The number of carboxylic acid groups (broad SMARTS) is 2. The van der Waals surface area contributed by atoms with Crippen molar-refractivity contribution in [3.63, 3.8) is 0 Å². The van der Waals surface area contributed by atoms with Gasteiger partial charge < -0.3 is 10.2 Å². The van der Waals surface area contributed by atoms with E-state index < -0.39 is 24.3 Å². The van der Waals surface area contributed by atoms with Gasteiger partial charge in [0, 0.05) is 10.7 Å². The van der Waals surface area contributed by atoms with Gasteiger partial charge >= 0.3 is 11.9 Å². The average molecular weight is 274 g/mol. The smallest absolute Gasteiger partial charge is 0.313 e. The van der Waals surface area contributed by atoms with Gasteiger partial charge in [0.05, 0.1) is 12.1 Å². The van der Waals surface area contributed by atoms with Crippen LogP contribution in [0.3, 0.4) is 0 Å². The van der Waals surface area contributed by atoms with E-state index >= 15 is 0 Å². The lowest BCUT2D eigenvalue weighted by molar-refractivity contribution is -0.145. The summed E-state index contributed by atoms with van der Waals surface area (Å²) in [4.78, 5) is 25.1. The third-order valence-corrected chi connectivity index (χ3v) is 2.25. The van der Waals surface area contributed by atoms with Crippen molar-refractivity contribution in [2.24, 2.45) is 0 Å². The molecular weight excluding hydrogens is 266 g/mol. The van der Waals surface area contributed by atoms with Gasteiger partial charge in [0.2, 0.25) is 0 Å². The summed E-state index contributed by atoms with van der Waals surface area (Å²) >= 11 is 3.16. The summed E-state index contributed by atoms with van der Waals surface area (Å²) < 4.78 is 0.714. The molecule has 1 unspecified atom stereocenters. The maximum Gasteiger partial charge on any atom is 0.313 e. The van der Waals surface area contributed by atoms with E-state index in [1.807, 2.05) is 0 Å². The monoisotopic (exact) mass is 273 g/mol. The minimum atomic E-state index is -1.19. The number of hydrogen-bond donors (Lipinski definition) is 2. The molecule has 0 aliphatic carbocycles. The molecule has 0 aliphatic rings. The normalized spacial score (nSPS) is 12.1. The molecule has 0 fully saturated rings. The molecule has 0 saturated carbocycles. The van der Waals surface area contributed by atoms with Gasteiger partial charge in [-0.2, -0.15) is 0 Å². The van der Waals surface area contributed by atoms with Crippen molar-refractivity contribution < 1.29 is 19.8 Å². The predicted molar refractivity (Wildman–Crippen MR) is 54.6 cm³/mol. The number of pyridine rings is 1.